The van der Waals surface area contributed by atoms with Gasteiger partial charge in [0.25, 0.3) is 0 Å². The Morgan fingerprint density at radius 3 is 2.55 bits per heavy atom. The van der Waals surface area contributed by atoms with Crippen LogP contribution in [0.4, 0.5) is 10.2 Å². The van der Waals surface area contributed by atoms with Crippen LogP contribution in [0, 0.1) is 5.82 Å². The minimum atomic E-state index is -0.530. The Labute approximate surface area is 181 Å². The highest BCUT2D eigenvalue weighted by atomic mass is 19.1. The van der Waals surface area contributed by atoms with Gasteiger partial charge in [0.2, 0.25) is 0 Å². The maximum absolute atomic E-state index is 14.2. The van der Waals surface area contributed by atoms with Crippen molar-refractivity contribution >= 4 is 17.2 Å². The second kappa shape index (κ2) is 9.42. The molecule has 1 aromatic heterocycles. The van der Waals surface area contributed by atoms with Gasteiger partial charge in [0.1, 0.15) is 11.9 Å². The Hall–Kier alpha value is -3.68. The summed E-state index contributed by atoms with van der Waals surface area (Å²) < 4.78 is 20.3. The molecule has 0 saturated carbocycles. The lowest BCUT2D eigenvalue weighted by Crippen LogP contribution is -2.19. The Bertz CT molecular complexity index is 1100. The van der Waals surface area contributed by atoms with Gasteiger partial charge in [-0.15, -0.1) is 0 Å². The fourth-order valence-corrected chi connectivity index (χ4v) is 3.64. The number of aromatic nitrogens is 1. The zero-order valence-electron chi connectivity index (χ0n) is 17.9. The minimum Gasteiger partial charge on any atom is -0.482 e. The Balaban J connectivity index is 2.33. The molecule has 1 aromatic carbocycles. The molecular formula is C23H27FN6O. The predicted octanol–water partition coefficient (Wildman–Crippen LogP) is 3.26. The van der Waals surface area contributed by atoms with Crippen LogP contribution in [0.1, 0.15) is 43.1 Å². The van der Waals surface area contributed by atoms with E-state index in [2.05, 4.69) is 15.0 Å². The van der Waals surface area contributed by atoms with Gasteiger partial charge >= 0.3 is 0 Å². The molecule has 2 heterocycles. The molecule has 1 aliphatic heterocycles. The molecule has 0 unspecified atom stereocenters. The molecule has 7 nitrogen and oxygen atoms in total. The monoisotopic (exact) mass is 422 g/mol. The number of anilines is 1. The number of benzene rings is 1. The van der Waals surface area contributed by atoms with Crippen LogP contribution in [-0.2, 0) is 0 Å². The third-order valence-corrected chi connectivity index (χ3v) is 5.10. The third kappa shape index (κ3) is 4.42. The first-order chi connectivity index (χ1) is 14.9. The zero-order valence-corrected chi connectivity index (χ0v) is 17.9. The maximum Gasteiger partial charge on any atom is 0.166 e. The number of aliphatic imine (C=N–C) groups is 2. The molecule has 31 heavy (non-hydrogen) atoms. The van der Waals surface area contributed by atoms with Gasteiger partial charge < -0.3 is 21.9 Å². The highest BCUT2D eigenvalue weighted by Crippen LogP contribution is 2.33. The van der Waals surface area contributed by atoms with Crippen LogP contribution in [0.3, 0.4) is 0 Å². The second-order valence-corrected chi connectivity index (χ2v) is 7.05. The molecule has 0 amide bonds. The van der Waals surface area contributed by atoms with Crippen molar-refractivity contribution in [2.45, 2.75) is 26.4 Å². The molecule has 8 heteroatoms. The largest absolute Gasteiger partial charge is 0.482 e. The van der Waals surface area contributed by atoms with E-state index in [1.807, 2.05) is 13.8 Å². The van der Waals surface area contributed by atoms with Gasteiger partial charge in [-0.05, 0) is 61.7 Å². The standard InChI is InChI=1S/C23H27FN6O/c1-4-29-22-15(11-26)7-14(10-25)21(28-3)16-8-20(23(27)30-12-16)31-13(2)19-9-17(24)5-6-18(19)22/h5-6,8-13H,4,7,25-26H2,1-3H3,(H2,27,30)/t13-/m1/s1. The number of nitrogens with two attached hydrogens (primary N) is 3. The van der Waals surface area contributed by atoms with E-state index in [1.165, 1.54) is 24.5 Å². The van der Waals surface area contributed by atoms with Crippen LogP contribution in [0.5, 0.6) is 5.75 Å². The topological polar surface area (TPSA) is 125 Å². The van der Waals surface area contributed by atoms with Gasteiger partial charge in [0, 0.05) is 42.9 Å². The summed E-state index contributed by atoms with van der Waals surface area (Å²) in [6, 6.07) is 6.29. The van der Waals surface area contributed by atoms with E-state index in [0.717, 1.165) is 16.7 Å². The number of halogens is 1. The highest BCUT2D eigenvalue weighted by Gasteiger charge is 2.24. The number of pyridine rings is 1. The lowest BCUT2D eigenvalue weighted by molar-refractivity contribution is 0.227. The molecule has 1 aliphatic rings. The average molecular weight is 423 g/mol. The molecule has 0 radical (unpaired) electrons. The fourth-order valence-electron chi connectivity index (χ4n) is 3.64. The molecule has 0 aliphatic carbocycles. The maximum atomic E-state index is 14.2. The highest BCUT2D eigenvalue weighted by molar-refractivity contribution is 6.17. The van der Waals surface area contributed by atoms with Crippen molar-refractivity contribution in [2.75, 3.05) is 19.3 Å². The van der Waals surface area contributed by atoms with E-state index in [4.69, 9.17) is 21.9 Å². The summed E-state index contributed by atoms with van der Waals surface area (Å²) in [6.45, 7) is 4.27. The van der Waals surface area contributed by atoms with E-state index in [1.54, 1.807) is 25.4 Å². The number of fused-ring (bicyclic) bond motifs is 3. The minimum absolute atomic E-state index is 0.226. The van der Waals surface area contributed by atoms with E-state index in [-0.39, 0.29) is 11.6 Å². The molecule has 0 spiro atoms. The van der Waals surface area contributed by atoms with E-state index < -0.39 is 6.10 Å². The van der Waals surface area contributed by atoms with Crippen molar-refractivity contribution in [3.05, 3.63) is 76.5 Å². The molecule has 1 atom stereocenters. The number of allylic oxidation sites excluding steroid dienone is 2. The van der Waals surface area contributed by atoms with Gasteiger partial charge in [-0.3, -0.25) is 9.98 Å². The summed E-state index contributed by atoms with van der Waals surface area (Å²) in [4.78, 5) is 13.4. The molecule has 2 aromatic rings. The number of nitrogens with zero attached hydrogens (tertiary/aromatic N) is 3. The molecule has 162 valence electrons. The van der Waals surface area contributed by atoms with Crippen LogP contribution in [0.2, 0.25) is 0 Å². The van der Waals surface area contributed by atoms with Crippen LogP contribution < -0.4 is 21.9 Å². The van der Waals surface area contributed by atoms with Crippen molar-refractivity contribution in [3.8, 4) is 5.75 Å². The first-order valence-electron chi connectivity index (χ1n) is 9.99. The van der Waals surface area contributed by atoms with Crippen molar-refractivity contribution in [1.82, 2.24) is 4.98 Å². The fraction of sp³-hybridized carbons (Fsp3) is 0.261. The molecule has 6 N–H and O–H groups in total. The van der Waals surface area contributed by atoms with Gasteiger partial charge in [0.15, 0.2) is 11.6 Å². The normalized spacial score (nSPS) is 22.1. The lowest BCUT2D eigenvalue weighted by atomic mass is 9.89. The summed E-state index contributed by atoms with van der Waals surface area (Å²) in [6.07, 6.45) is 4.46. The smallest absolute Gasteiger partial charge is 0.166 e. The Morgan fingerprint density at radius 2 is 1.90 bits per heavy atom. The van der Waals surface area contributed by atoms with Crippen LogP contribution >= 0.6 is 0 Å². The number of hydrogen-bond donors (Lipinski definition) is 3. The Kier molecular flexibility index (Phi) is 6.69. The van der Waals surface area contributed by atoms with E-state index in [0.29, 0.717) is 41.3 Å². The van der Waals surface area contributed by atoms with E-state index in [9.17, 15) is 4.39 Å². The summed E-state index contributed by atoms with van der Waals surface area (Å²) in [5.41, 5.74) is 22.9. The van der Waals surface area contributed by atoms with Crippen molar-refractivity contribution in [3.63, 3.8) is 0 Å². The zero-order chi connectivity index (χ0) is 22.5. The van der Waals surface area contributed by atoms with Gasteiger partial charge in [0.05, 0.1) is 11.4 Å². The average Bonchev–Trinajstić information content (AvgIpc) is 2.76. The van der Waals surface area contributed by atoms with Gasteiger partial charge in [-0.25, -0.2) is 9.37 Å². The molecule has 0 fully saturated rings. The molecular weight excluding hydrogens is 395 g/mol. The summed E-state index contributed by atoms with van der Waals surface area (Å²) >= 11 is 0. The molecule has 0 saturated heterocycles. The quantitative estimate of drug-likeness (QED) is 0.650. The summed E-state index contributed by atoms with van der Waals surface area (Å²) in [5.74, 6) is 0.226. The first-order valence-corrected chi connectivity index (χ1v) is 9.99. The number of rotatable bonds is 1. The predicted molar refractivity (Wildman–Crippen MR) is 123 cm³/mol. The van der Waals surface area contributed by atoms with Crippen molar-refractivity contribution in [1.29, 1.82) is 0 Å². The van der Waals surface area contributed by atoms with Crippen molar-refractivity contribution < 1.29 is 9.13 Å². The van der Waals surface area contributed by atoms with Crippen LogP contribution in [0.15, 0.2) is 64.0 Å². The van der Waals surface area contributed by atoms with Crippen molar-refractivity contribution in [2.24, 2.45) is 21.5 Å². The number of nitrogen functional groups attached to an aromatic ring is 1. The molecule has 3 rings (SSSR count). The first kappa shape index (κ1) is 22.0. The van der Waals surface area contributed by atoms with Crippen LogP contribution in [-0.4, -0.2) is 30.0 Å². The second-order valence-electron chi connectivity index (χ2n) is 7.05. The van der Waals surface area contributed by atoms with Gasteiger partial charge in [-0.2, -0.15) is 0 Å². The Morgan fingerprint density at radius 1 is 1.19 bits per heavy atom. The van der Waals surface area contributed by atoms with E-state index >= 15 is 0 Å². The lowest BCUT2D eigenvalue weighted by Gasteiger charge is -2.23. The number of ether oxygens (including phenoxy) is 1. The SMILES string of the molecule is CCN=C1C(=CN)CC(=CN)C(=NC)c2cnc(N)c(c2)O[C@H](C)c2cc(F)ccc21. The molecule has 2 bridgehead atoms. The third-order valence-electron chi connectivity index (χ3n) is 5.10. The van der Waals surface area contributed by atoms with Crippen LogP contribution in [0.25, 0.3) is 0 Å². The van der Waals surface area contributed by atoms with Gasteiger partial charge in [-0.1, -0.05) is 0 Å². The summed E-state index contributed by atoms with van der Waals surface area (Å²) in [5, 5.41) is 0. The number of hydrogen-bond acceptors (Lipinski definition) is 7. The summed E-state index contributed by atoms with van der Waals surface area (Å²) in [7, 11) is 1.68.